The Bertz CT molecular complexity index is 392. The summed E-state index contributed by atoms with van der Waals surface area (Å²) in [5.74, 6) is 1.29. The van der Waals surface area contributed by atoms with Gasteiger partial charge in [-0.2, -0.15) is 5.26 Å². The molecule has 0 spiro atoms. The minimum Gasteiger partial charge on any atom is -0.354 e. The number of hydrogen-bond donors (Lipinski definition) is 2. The third-order valence-electron chi connectivity index (χ3n) is 3.00. The van der Waals surface area contributed by atoms with Crippen molar-refractivity contribution in [2.45, 2.75) is 19.3 Å². The van der Waals surface area contributed by atoms with Gasteiger partial charge in [-0.05, 0) is 44.3 Å². The predicted octanol–water partition coefficient (Wildman–Crippen LogP) is 1.15. The maximum atomic E-state index is 8.71. The van der Waals surface area contributed by atoms with Gasteiger partial charge in [0.1, 0.15) is 11.8 Å². The molecule has 1 aliphatic rings. The van der Waals surface area contributed by atoms with Crippen molar-refractivity contribution in [2.24, 2.45) is 5.92 Å². The molecule has 1 fully saturated rings. The second kappa shape index (κ2) is 6.16. The standard InChI is InChI=1S/C12H17N5/c13-8-11-4-7-16-12(17-11)15-6-3-10-2-1-5-14-9-10/h4,7,10,14H,1-3,5-6,9H2,(H,15,16,17). The van der Waals surface area contributed by atoms with Crippen LogP contribution >= 0.6 is 0 Å². The molecular formula is C12H17N5. The molecule has 0 aliphatic carbocycles. The van der Waals surface area contributed by atoms with Crippen LogP contribution in [0.15, 0.2) is 12.3 Å². The van der Waals surface area contributed by atoms with Crippen molar-refractivity contribution >= 4 is 5.95 Å². The van der Waals surface area contributed by atoms with Crippen molar-refractivity contribution in [3.63, 3.8) is 0 Å². The average Bonchev–Trinajstić information content (AvgIpc) is 2.40. The first-order valence-corrected chi connectivity index (χ1v) is 6.06. The van der Waals surface area contributed by atoms with Crippen molar-refractivity contribution < 1.29 is 0 Å². The fourth-order valence-corrected chi connectivity index (χ4v) is 2.06. The fraction of sp³-hybridized carbons (Fsp3) is 0.583. The van der Waals surface area contributed by atoms with E-state index in [1.54, 1.807) is 12.3 Å². The van der Waals surface area contributed by atoms with Gasteiger partial charge < -0.3 is 10.6 Å². The monoisotopic (exact) mass is 231 g/mol. The number of nitrogens with zero attached hydrogens (tertiary/aromatic N) is 3. The quantitative estimate of drug-likeness (QED) is 0.813. The van der Waals surface area contributed by atoms with E-state index in [0.717, 1.165) is 32.0 Å². The van der Waals surface area contributed by atoms with E-state index in [9.17, 15) is 0 Å². The summed E-state index contributed by atoms with van der Waals surface area (Å²) in [5.41, 5.74) is 0.404. The highest BCUT2D eigenvalue weighted by molar-refractivity contribution is 5.29. The Morgan fingerprint density at radius 2 is 2.53 bits per heavy atom. The van der Waals surface area contributed by atoms with E-state index in [-0.39, 0.29) is 0 Å². The van der Waals surface area contributed by atoms with Crippen molar-refractivity contribution in [3.8, 4) is 6.07 Å². The SMILES string of the molecule is N#Cc1ccnc(NCCC2CCCNC2)n1. The summed E-state index contributed by atoms with van der Waals surface area (Å²) < 4.78 is 0. The van der Waals surface area contributed by atoms with Crippen LogP contribution in [0.2, 0.25) is 0 Å². The van der Waals surface area contributed by atoms with Gasteiger partial charge in [0.2, 0.25) is 5.95 Å². The number of aromatic nitrogens is 2. The summed E-state index contributed by atoms with van der Waals surface area (Å²) in [7, 11) is 0. The van der Waals surface area contributed by atoms with Crippen LogP contribution < -0.4 is 10.6 Å². The van der Waals surface area contributed by atoms with Crippen LogP contribution in [0.25, 0.3) is 0 Å². The fourth-order valence-electron chi connectivity index (χ4n) is 2.06. The van der Waals surface area contributed by atoms with E-state index < -0.39 is 0 Å². The molecule has 5 nitrogen and oxygen atoms in total. The molecule has 0 saturated carbocycles. The zero-order valence-corrected chi connectivity index (χ0v) is 9.82. The molecule has 90 valence electrons. The number of piperidine rings is 1. The lowest BCUT2D eigenvalue weighted by atomic mass is 9.96. The molecule has 5 heteroatoms. The summed E-state index contributed by atoms with van der Waals surface area (Å²) in [6, 6.07) is 3.61. The molecule has 1 atom stereocenters. The maximum Gasteiger partial charge on any atom is 0.223 e. The average molecular weight is 231 g/mol. The Labute approximate surface area is 101 Å². The number of anilines is 1. The molecule has 1 aliphatic heterocycles. The Morgan fingerprint density at radius 3 is 3.29 bits per heavy atom. The first kappa shape index (κ1) is 11.8. The molecule has 17 heavy (non-hydrogen) atoms. The number of rotatable bonds is 4. The summed E-state index contributed by atoms with van der Waals surface area (Å²) in [4.78, 5) is 8.16. The van der Waals surface area contributed by atoms with Gasteiger partial charge in [0, 0.05) is 12.7 Å². The smallest absolute Gasteiger partial charge is 0.223 e. The van der Waals surface area contributed by atoms with Gasteiger partial charge in [0.05, 0.1) is 0 Å². The van der Waals surface area contributed by atoms with Crippen molar-refractivity contribution in [3.05, 3.63) is 18.0 Å². The Balaban J connectivity index is 1.75. The second-order valence-corrected chi connectivity index (χ2v) is 4.31. The third-order valence-corrected chi connectivity index (χ3v) is 3.00. The van der Waals surface area contributed by atoms with E-state index in [2.05, 4.69) is 20.6 Å². The lowest BCUT2D eigenvalue weighted by molar-refractivity contribution is 0.364. The van der Waals surface area contributed by atoms with Gasteiger partial charge in [-0.1, -0.05) is 0 Å². The summed E-state index contributed by atoms with van der Waals surface area (Å²) in [6.07, 6.45) is 5.29. The van der Waals surface area contributed by atoms with Gasteiger partial charge in [0.25, 0.3) is 0 Å². The minimum absolute atomic E-state index is 0.404. The molecule has 1 aromatic heterocycles. The third kappa shape index (κ3) is 3.68. The van der Waals surface area contributed by atoms with Crippen molar-refractivity contribution in [1.29, 1.82) is 5.26 Å². The van der Waals surface area contributed by atoms with Gasteiger partial charge >= 0.3 is 0 Å². The zero-order valence-electron chi connectivity index (χ0n) is 9.82. The van der Waals surface area contributed by atoms with Crippen LogP contribution in [0.1, 0.15) is 25.0 Å². The molecular weight excluding hydrogens is 214 g/mol. The molecule has 0 bridgehead atoms. The summed E-state index contributed by atoms with van der Waals surface area (Å²) >= 11 is 0. The van der Waals surface area contributed by atoms with E-state index in [1.165, 1.54) is 12.8 Å². The first-order valence-electron chi connectivity index (χ1n) is 6.06. The minimum atomic E-state index is 0.404. The molecule has 2 N–H and O–H groups in total. The van der Waals surface area contributed by atoms with Gasteiger partial charge in [-0.3, -0.25) is 0 Å². The molecule has 1 saturated heterocycles. The highest BCUT2D eigenvalue weighted by atomic mass is 15.1. The molecule has 1 aromatic rings. The molecule has 2 rings (SSSR count). The van der Waals surface area contributed by atoms with Crippen LogP contribution in [0, 0.1) is 17.2 Å². The summed E-state index contributed by atoms with van der Waals surface area (Å²) in [6.45, 7) is 3.12. The molecule has 0 amide bonds. The Morgan fingerprint density at radius 1 is 1.59 bits per heavy atom. The lowest BCUT2D eigenvalue weighted by Crippen LogP contribution is -2.30. The topological polar surface area (TPSA) is 73.6 Å². The first-order chi connectivity index (χ1) is 8.38. The number of hydrogen-bond acceptors (Lipinski definition) is 5. The van der Waals surface area contributed by atoms with E-state index in [4.69, 9.17) is 5.26 Å². The van der Waals surface area contributed by atoms with Crippen LogP contribution in [0.4, 0.5) is 5.95 Å². The molecule has 2 heterocycles. The number of nitrogens with one attached hydrogen (secondary N) is 2. The van der Waals surface area contributed by atoms with Crippen molar-refractivity contribution in [1.82, 2.24) is 15.3 Å². The van der Waals surface area contributed by atoms with E-state index in [1.807, 2.05) is 6.07 Å². The lowest BCUT2D eigenvalue weighted by Gasteiger charge is -2.22. The summed E-state index contributed by atoms with van der Waals surface area (Å²) in [5, 5.41) is 15.3. The molecule has 1 unspecified atom stereocenters. The van der Waals surface area contributed by atoms with Crippen LogP contribution in [-0.2, 0) is 0 Å². The van der Waals surface area contributed by atoms with Gasteiger partial charge in [-0.15, -0.1) is 0 Å². The van der Waals surface area contributed by atoms with Crippen LogP contribution in [-0.4, -0.2) is 29.6 Å². The molecule has 0 aromatic carbocycles. The molecule has 0 radical (unpaired) electrons. The van der Waals surface area contributed by atoms with E-state index in [0.29, 0.717) is 11.6 Å². The Hall–Kier alpha value is -1.67. The normalized spacial score (nSPS) is 19.6. The van der Waals surface area contributed by atoms with Gasteiger partial charge in [-0.25, -0.2) is 9.97 Å². The zero-order chi connectivity index (χ0) is 11.9. The van der Waals surface area contributed by atoms with Crippen molar-refractivity contribution in [2.75, 3.05) is 25.0 Å². The van der Waals surface area contributed by atoms with Gasteiger partial charge in [0.15, 0.2) is 0 Å². The highest BCUT2D eigenvalue weighted by Crippen LogP contribution is 2.13. The van der Waals surface area contributed by atoms with Crippen LogP contribution in [0.3, 0.4) is 0 Å². The largest absolute Gasteiger partial charge is 0.354 e. The Kier molecular flexibility index (Phi) is 4.28. The van der Waals surface area contributed by atoms with Crippen LogP contribution in [0.5, 0.6) is 0 Å². The maximum absolute atomic E-state index is 8.71. The highest BCUT2D eigenvalue weighted by Gasteiger charge is 2.12. The predicted molar refractivity (Wildman–Crippen MR) is 65.4 cm³/mol. The van der Waals surface area contributed by atoms with E-state index >= 15 is 0 Å². The second-order valence-electron chi connectivity index (χ2n) is 4.31. The number of nitriles is 1.